The molecule has 0 aliphatic heterocycles. The maximum atomic E-state index is 11.8. The summed E-state index contributed by atoms with van der Waals surface area (Å²) in [5.74, 6) is -0.941. The number of benzene rings is 1. The molecule has 0 amide bonds. The third-order valence-electron chi connectivity index (χ3n) is 3.18. The Morgan fingerprint density at radius 1 is 1.27 bits per heavy atom. The van der Waals surface area contributed by atoms with E-state index in [2.05, 4.69) is 5.16 Å². The highest BCUT2D eigenvalue weighted by Gasteiger charge is 2.22. The lowest BCUT2D eigenvalue weighted by molar-refractivity contribution is -0.145. The molecule has 0 aliphatic rings. The zero-order valence-electron chi connectivity index (χ0n) is 13.4. The summed E-state index contributed by atoms with van der Waals surface area (Å²) in [7, 11) is 0. The highest BCUT2D eigenvalue weighted by Crippen LogP contribution is 2.26. The Labute approximate surface area is 131 Å². The van der Waals surface area contributed by atoms with Crippen LogP contribution >= 0.6 is 0 Å². The van der Waals surface area contributed by atoms with Gasteiger partial charge < -0.3 is 14.7 Å². The molecule has 0 heterocycles. The summed E-state index contributed by atoms with van der Waals surface area (Å²) in [5, 5.41) is 11.7. The van der Waals surface area contributed by atoms with E-state index in [1.807, 2.05) is 44.2 Å². The van der Waals surface area contributed by atoms with Gasteiger partial charge in [-0.25, -0.2) is 0 Å². The van der Waals surface area contributed by atoms with Crippen LogP contribution in [0, 0.1) is 5.92 Å². The Bertz CT molecular complexity index is 459. The van der Waals surface area contributed by atoms with Crippen molar-refractivity contribution >= 4 is 12.2 Å². The maximum absolute atomic E-state index is 11.8. The van der Waals surface area contributed by atoms with Crippen LogP contribution < -0.4 is 0 Å². The van der Waals surface area contributed by atoms with Gasteiger partial charge in [0.15, 0.2) is 0 Å². The highest BCUT2D eigenvalue weighted by molar-refractivity contribution is 5.89. The summed E-state index contributed by atoms with van der Waals surface area (Å²) in [6, 6.07) is 9.89. The van der Waals surface area contributed by atoms with Crippen molar-refractivity contribution in [2.24, 2.45) is 11.1 Å². The molecule has 0 radical (unpaired) electrons. The Kier molecular flexibility index (Phi) is 8.22. The minimum Gasteiger partial charge on any atom is -0.465 e. The lowest BCUT2D eigenvalue weighted by Gasteiger charge is -2.22. The summed E-state index contributed by atoms with van der Waals surface area (Å²) >= 11 is 0. The van der Waals surface area contributed by atoms with Crippen molar-refractivity contribution < 1.29 is 19.5 Å². The summed E-state index contributed by atoms with van der Waals surface area (Å²) in [5.41, 5.74) is 1.07. The molecule has 0 aromatic heterocycles. The fourth-order valence-electron chi connectivity index (χ4n) is 2.22. The van der Waals surface area contributed by atoms with E-state index in [-0.39, 0.29) is 18.2 Å². The second-order valence-electron chi connectivity index (χ2n) is 5.28. The average molecular weight is 307 g/mol. The summed E-state index contributed by atoms with van der Waals surface area (Å²) in [6.07, 6.45) is 2.32. The van der Waals surface area contributed by atoms with Crippen molar-refractivity contribution in [3.8, 4) is 0 Å². The molecule has 122 valence electrons. The number of oxime groups is 1. The first-order valence-corrected chi connectivity index (χ1v) is 7.63. The van der Waals surface area contributed by atoms with Crippen LogP contribution in [0.5, 0.6) is 0 Å². The van der Waals surface area contributed by atoms with Gasteiger partial charge in [-0.05, 0) is 39.2 Å². The van der Waals surface area contributed by atoms with E-state index in [1.165, 1.54) is 6.21 Å². The van der Waals surface area contributed by atoms with Crippen molar-refractivity contribution in [2.75, 3.05) is 6.61 Å². The van der Waals surface area contributed by atoms with Gasteiger partial charge in [-0.3, -0.25) is 4.79 Å². The normalized spacial score (nSPS) is 14.2. The molecule has 0 bridgehead atoms. The Morgan fingerprint density at radius 2 is 1.95 bits per heavy atom. The van der Waals surface area contributed by atoms with Crippen LogP contribution in [-0.4, -0.2) is 30.1 Å². The van der Waals surface area contributed by atoms with Gasteiger partial charge in [0, 0.05) is 0 Å². The van der Waals surface area contributed by atoms with Crippen molar-refractivity contribution in [1.82, 2.24) is 0 Å². The van der Waals surface area contributed by atoms with Gasteiger partial charge >= 0.3 is 5.97 Å². The predicted octanol–water partition coefficient (Wildman–Crippen LogP) is 3.57. The standard InChI is InChI=1S/C17H25NO4/c1-4-21-17(19)15(12-18-20)10-11-16(22-13(2)3)14-8-6-5-7-9-14/h5-9,12-13,15-16,20H,4,10-11H2,1-3H3/b18-12-. The first kappa shape index (κ1) is 18.2. The summed E-state index contributed by atoms with van der Waals surface area (Å²) in [6.45, 7) is 6.01. The molecule has 1 N–H and O–H groups in total. The molecule has 22 heavy (non-hydrogen) atoms. The quantitative estimate of drug-likeness (QED) is 0.328. The Balaban J connectivity index is 2.74. The van der Waals surface area contributed by atoms with Crippen LogP contribution in [0.25, 0.3) is 0 Å². The van der Waals surface area contributed by atoms with E-state index in [9.17, 15) is 4.79 Å². The molecule has 2 atom stereocenters. The molecule has 0 fully saturated rings. The summed E-state index contributed by atoms with van der Waals surface area (Å²) in [4.78, 5) is 11.8. The first-order valence-electron chi connectivity index (χ1n) is 7.63. The molecule has 0 spiro atoms. The van der Waals surface area contributed by atoms with Crippen molar-refractivity contribution in [3.63, 3.8) is 0 Å². The molecule has 0 saturated carbocycles. The van der Waals surface area contributed by atoms with Gasteiger partial charge in [0.05, 0.1) is 30.9 Å². The lowest BCUT2D eigenvalue weighted by Crippen LogP contribution is -2.21. The number of carbonyl (C=O) groups is 1. The fourth-order valence-corrected chi connectivity index (χ4v) is 2.22. The van der Waals surface area contributed by atoms with Gasteiger partial charge in [0.25, 0.3) is 0 Å². The van der Waals surface area contributed by atoms with Gasteiger partial charge in [-0.2, -0.15) is 0 Å². The van der Waals surface area contributed by atoms with Gasteiger partial charge in [-0.15, -0.1) is 5.16 Å². The highest BCUT2D eigenvalue weighted by atomic mass is 16.5. The van der Waals surface area contributed by atoms with Crippen LogP contribution in [-0.2, 0) is 14.3 Å². The largest absolute Gasteiger partial charge is 0.465 e. The Morgan fingerprint density at radius 3 is 2.50 bits per heavy atom. The van der Waals surface area contributed by atoms with Crippen molar-refractivity contribution in [1.29, 1.82) is 0 Å². The average Bonchev–Trinajstić information content (AvgIpc) is 2.50. The zero-order valence-corrected chi connectivity index (χ0v) is 13.4. The van der Waals surface area contributed by atoms with E-state index in [4.69, 9.17) is 14.7 Å². The van der Waals surface area contributed by atoms with Crippen LogP contribution in [0.4, 0.5) is 0 Å². The molecule has 1 aromatic carbocycles. The zero-order chi connectivity index (χ0) is 16.4. The predicted molar refractivity (Wildman–Crippen MR) is 85.0 cm³/mol. The van der Waals surface area contributed by atoms with E-state index in [0.29, 0.717) is 19.4 Å². The van der Waals surface area contributed by atoms with E-state index in [1.54, 1.807) is 6.92 Å². The first-order chi connectivity index (χ1) is 10.6. The molecule has 5 nitrogen and oxygen atoms in total. The van der Waals surface area contributed by atoms with Crippen LogP contribution in [0.2, 0.25) is 0 Å². The van der Waals surface area contributed by atoms with E-state index in [0.717, 1.165) is 5.56 Å². The second kappa shape index (κ2) is 9.95. The van der Waals surface area contributed by atoms with E-state index < -0.39 is 5.92 Å². The Hall–Kier alpha value is -1.88. The van der Waals surface area contributed by atoms with Gasteiger partial charge in [-0.1, -0.05) is 30.3 Å². The smallest absolute Gasteiger partial charge is 0.314 e. The third kappa shape index (κ3) is 6.26. The number of ether oxygens (including phenoxy) is 2. The molecule has 5 heteroatoms. The number of hydrogen-bond donors (Lipinski definition) is 1. The van der Waals surface area contributed by atoms with Crippen LogP contribution in [0.1, 0.15) is 45.3 Å². The second-order valence-corrected chi connectivity index (χ2v) is 5.28. The van der Waals surface area contributed by atoms with Gasteiger partial charge in [0.1, 0.15) is 0 Å². The maximum Gasteiger partial charge on any atom is 0.314 e. The van der Waals surface area contributed by atoms with Gasteiger partial charge in [0.2, 0.25) is 0 Å². The van der Waals surface area contributed by atoms with Crippen molar-refractivity contribution in [3.05, 3.63) is 35.9 Å². The number of carbonyl (C=O) groups excluding carboxylic acids is 1. The topological polar surface area (TPSA) is 68.1 Å². The molecule has 1 aromatic rings. The van der Waals surface area contributed by atoms with Crippen molar-refractivity contribution in [2.45, 2.75) is 45.8 Å². The van der Waals surface area contributed by atoms with E-state index >= 15 is 0 Å². The van der Waals surface area contributed by atoms with Crippen LogP contribution in [0.15, 0.2) is 35.5 Å². The monoisotopic (exact) mass is 307 g/mol. The van der Waals surface area contributed by atoms with Crippen LogP contribution in [0.3, 0.4) is 0 Å². The molecular weight excluding hydrogens is 282 g/mol. The molecule has 1 rings (SSSR count). The fraction of sp³-hybridized carbons (Fsp3) is 0.529. The summed E-state index contributed by atoms with van der Waals surface area (Å²) < 4.78 is 10.9. The lowest BCUT2D eigenvalue weighted by atomic mass is 9.98. The SMILES string of the molecule is CCOC(=O)C(/C=N\O)CCC(OC(C)C)c1ccccc1. The molecule has 2 unspecified atom stereocenters. The molecule has 0 aliphatic carbocycles. The minimum atomic E-state index is -0.563. The third-order valence-corrected chi connectivity index (χ3v) is 3.18. The number of esters is 1. The molecule has 0 saturated heterocycles. The minimum absolute atomic E-state index is 0.0813. The number of nitrogens with zero attached hydrogens (tertiary/aromatic N) is 1. The number of hydrogen-bond acceptors (Lipinski definition) is 5. The number of rotatable bonds is 9. The molecular formula is C17H25NO4.